The first-order chi connectivity index (χ1) is 18.0. The molecule has 2 aliphatic heterocycles. The number of anilines is 1. The van der Waals surface area contributed by atoms with Crippen LogP contribution in [0.25, 0.3) is 0 Å². The number of piperidine rings is 1. The summed E-state index contributed by atoms with van der Waals surface area (Å²) in [5.41, 5.74) is 1.21. The monoisotopic (exact) mass is 526 g/mol. The molecule has 10 heteroatoms. The van der Waals surface area contributed by atoms with Gasteiger partial charge in [-0.2, -0.15) is 0 Å². The summed E-state index contributed by atoms with van der Waals surface area (Å²) < 4.78 is 19.2. The number of ether oxygens (including phenoxy) is 3. The summed E-state index contributed by atoms with van der Waals surface area (Å²) >= 11 is 5.91. The Balaban J connectivity index is 1.01. The van der Waals surface area contributed by atoms with E-state index >= 15 is 0 Å². The lowest BCUT2D eigenvalue weighted by Crippen LogP contribution is -2.33. The van der Waals surface area contributed by atoms with Gasteiger partial charge >= 0.3 is 11.8 Å². The third kappa shape index (κ3) is 6.65. The first-order valence-electron chi connectivity index (χ1n) is 12.8. The molecule has 1 aromatic heterocycles. The first kappa shape index (κ1) is 25.2. The van der Waals surface area contributed by atoms with Crippen molar-refractivity contribution >= 4 is 23.1 Å². The number of imidazole rings is 1. The van der Waals surface area contributed by atoms with Gasteiger partial charge in [0, 0.05) is 41.7 Å². The maximum atomic E-state index is 10.9. The average Bonchev–Trinajstić information content (AvgIpc) is 3.36. The lowest BCUT2D eigenvalue weighted by Gasteiger charge is -2.33. The molecule has 0 N–H and O–H groups in total. The molecule has 3 heterocycles. The van der Waals surface area contributed by atoms with E-state index in [4.69, 9.17) is 25.8 Å². The van der Waals surface area contributed by atoms with E-state index in [2.05, 4.69) is 22.0 Å². The Labute approximate surface area is 221 Å². The van der Waals surface area contributed by atoms with Crippen molar-refractivity contribution in [1.82, 2.24) is 9.55 Å². The lowest BCUT2D eigenvalue weighted by atomic mass is 9.92. The second kappa shape index (κ2) is 11.7. The summed E-state index contributed by atoms with van der Waals surface area (Å²) in [7, 11) is 0. The van der Waals surface area contributed by atoms with Crippen molar-refractivity contribution in [2.24, 2.45) is 5.92 Å². The van der Waals surface area contributed by atoms with Crippen molar-refractivity contribution in [3.63, 3.8) is 0 Å². The highest BCUT2D eigenvalue weighted by Gasteiger charge is 2.28. The molecule has 196 valence electrons. The maximum Gasteiger partial charge on any atom is 0.414 e. The molecule has 9 nitrogen and oxygen atoms in total. The van der Waals surface area contributed by atoms with E-state index in [1.54, 1.807) is 4.57 Å². The fourth-order valence-corrected chi connectivity index (χ4v) is 4.98. The third-order valence-corrected chi connectivity index (χ3v) is 7.22. The zero-order valence-electron chi connectivity index (χ0n) is 20.6. The van der Waals surface area contributed by atoms with Gasteiger partial charge in [-0.05, 0) is 85.1 Å². The van der Waals surface area contributed by atoms with Crippen LogP contribution in [0.5, 0.6) is 17.5 Å². The molecular weight excluding hydrogens is 496 g/mol. The maximum absolute atomic E-state index is 10.9. The van der Waals surface area contributed by atoms with E-state index in [-0.39, 0.29) is 17.9 Å². The number of aromatic nitrogens is 2. The highest BCUT2D eigenvalue weighted by Crippen LogP contribution is 2.28. The van der Waals surface area contributed by atoms with Crippen molar-refractivity contribution in [1.29, 1.82) is 0 Å². The molecule has 0 aliphatic carbocycles. The second-order valence-corrected chi connectivity index (χ2v) is 9.98. The molecule has 1 saturated heterocycles. The summed E-state index contributed by atoms with van der Waals surface area (Å²) in [6.07, 6.45) is 6.54. The molecular formula is C27H31ClN4O5. The van der Waals surface area contributed by atoms with E-state index in [1.165, 1.54) is 31.1 Å². The number of nitrogens with zero attached hydrogens (tertiary/aromatic N) is 4. The summed E-state index contributed by atoms with van der Waals surface area (Å²) in [6.45, 7) is 3.83. The van der Waals surface area contributed by atoms with Crippen LogP contribution in [0.2, 0.25) is 5.02 Å². The van der Waals surface area contributed by atoms with Crippen molar-refractivity contribution in [3.05, 3.63) is 69.9 Å². The number of halogens is 1. The van der Waals surface area contributed by atoms with Gasteiger partial charge in [0.15, 0.2) is 0 Å². The lowest BCUT2D eigenvalue weighted by molar-refractivity contribution is -0.389. The van der Waals surface area contributed by atoms with Gasteiger partial charge in [0.25, 0.3) is 0 Å². The van der Waals surface area contributed by atoms with Gasteiger partial charge in [0.2, 0.25) is 0 Å². The Hall–Kier alpha value is -3.46. The minimum atomic E-state index is -0.510. The molecule has 0 amide bonds. The third-order valence-electron chi connectivity index (χ3n) is 6.97. The van der Waals surface area contributed by atoms with Gasteiger partial charge in [-0.25, -0.2) is 0 Å². The number of nitro groups is 1. The summed E-state index contributed by atoms with van der Waals surface area (Å²) in [4.78, 5) is 16.8. The fourth-order valence-electron chi connectivity index (χ4n) is 4.85. The van der Waals surface area contributed by atoms with E-state index in [0.29, 0.717) is 19.6 Å². The Morgan fingerprint density at radius 3 is 2.43 bits per heavy atom. The number of benzene rings is 2. The molecule has 2 aromatic carbocycles. The van der Waals surface area contributed by atoms with E-state index in [9.17, 15) is 10.1 Å². The quantitative estimate of drug-likeness (QED) is 0.189. The van der Waals surface area contributed by atoms with Crippen LogP contribution in [0.4, 0.5) is 11.5 Å². The molecule has 37 heavy (non-hydrogen) atoms. The number of aryl methyl sites for hydroxylation is 1. The molecule has 5 rings (SSSR count). The summed E-state index contributed by atoms with van der Waals surface area (Å²) in [6, 6.07) is 16.0. The first-order valence-corrected chi connectivity index (χ1v) is 13.2. The van der Waals surface area contributed by atoms with Crippen molar-refractivity contribution < 1.29 is 19.1 Å². The number of rotatable bonds is 10. The van der Waals surface area contributed by atoms with E-state index in [1.807, 2.05) is 36.4 Å². The van der Waals surface area contributed by atoms with Gasteiger partial charge in [0.1, 0.15) is 30.4 Å². The van der Waals surface area contributed by atoms with E-state index in [0.717, 1.165) is 48.6 Å². The highest BCUT2D eigenvalue weighted by molar-refractivity contribution is 6.30. The molecule has 2 aliphatic rings. The largest absolute Gasteiger partial charge is 0.494 e. The molecule has 0 saturated carbocycles. The van der Waals surface area contributed by atoms with Crippen LogP contribution < -0.4 is 19.1 Å². The van der Waals surface area contributed by atoms with Crippen LogP contribution in [0.15, 0.2) is 54.7 Å². The van der Waals surface area contributed by atoms with Gasteiger partial charge in [-0.3, -0.25) is 4.57 Å². The summed E-state index contributed by atoms with van der Waals surface area (Å²) in [5.74, 6) is 2.19. The van der Waals surface area contributed by atoms with Gasteiger partial charge in [0.05, 0.1) is 6.61 Å². The van der Waals surface area contributed by atoms with Crippen LogP contribution in [-0.4, -0.2) is 46.9 Å². The fraction of sp³-hybridized carbons (Fsp3) is 0.444. The molecule has 1 unspecified atom stereocenters. The Kier molecular flexibility index (Phi) is 7.99. The molecule has 0 radical (unpaired) electrons. The van der Waals surface area contributed by atoms with E-state index < -0.39 is 4.92 Å². The number of hydrogen-bond acceptors (Lipinski definition) is 7. The molecule has 0 spiro atoms. The topological polar surface area (TPSA) is 91.9 Å². The minimum Gasteiger partial charge on any atom is -0.494 e. The molecule has 3 aromatic rings. The smallest absolute Gasteiger partial charge is 0.414 e. The second-order valence-electron chi connectivity index (χ2n) is 9.54. The molecule has 1 fully saturated rings. The van der Waals surface area contributed by atoms with Crippen molar-refractivity contribution in [2.45, 2.75) is 44.8 Å². The predicted molar refractivity (Wildman–Crippen MR) is 141 cm³/mol. The standard InChI is InChI=1S/C27H31ClN4O5/c28-21-3-7-23(8-4-21)35-17-1-2-20-11-14-30(15-12-20)22-5-9-24(10-6-22)36-19-25-13-16-31-18-26(32(33)34)29-27(31)37-25/h3-10,18,20,25H,1-2,11-17,19H2. The zero-order chi connectivity index (χ0) is 25.6. The number of hydrogen-bond donors (Lipinski definition) is 0. The average molecular weight is 527 g/mol. The Morgan fingerprint density at radius 1 is 1.00 bits per heavy atom. The number of fused-ring (bicyclic) bond motifs is 1. The van der Waals surface area contributed by atoms with Gasteiger partial charge in [-0.15, -0.1) is 0 Å². The zero-order valence-corrected chi connectivity index (χ0v) is 21.4. The predicted octanol–water partition coefficient (Wildman–Crippen LogP) is 5.75. The van der Waals surface area contributed by atoms with Crippen LogP contribution >= 0.6 is 11.6 Å². The minimum absolute atomic E-state index is 0.190. The molecule has 1 atom stereocenters. The molecule has 0 bridgehead atoms. The van der Waals surface area contributed by atoms with Gasteiger partial charge in [-0.1, -0.05) is 11.6 Å². The van der Waals surface area contributed by atoms with Crippen LogP contribution in [0.3, 0.4) is 0 Å². The van der Waals surface area contributed by atoms with Crippen LogP contribution in [0, 0.1) is 16.0 Å². The van der Waals surface area contributed by atoms with Crippen LogP contribution in [0.1, 0.15) is 32.1 Å². The highest BCUT2D eigenvalue weighted by atomic mass is 35.5. The van der Waals surface area contributed by atoms with Crippen molar-refractivity contribution in [2.75, 3.05) is 31.2 Å². The van der Waals surface area contributed by atoms with Gasteiger partial charge < -0.3 is 29.2 Å². The Morgan fingerprint density at radius 2 is 1.70 bits per heavy atom. The summed E-state index contributed by atoms with van der Waals surface area (Å²) in [5, 5.41) is 11.6. The van der Waals surface area contributed by atoms with Crippen molar-refractivity contribution in [3.8, 4) is 17.5 Å². The SMILES string of the molecule is O=[N+]([O-])c1cn2c(n1)OC(COc1ccc(N3CCC(CCCOc4ccc(Cl)cc4)CC3)cc1)CC2. The Bertz CT molecular complexity index is 1180. The van der Waals surface area contributed by atoms with Crippen LogP contribution in [-0.2, 0) is 6.54 Å². The normalized spacial score (nSPS) is 17.6.